The predicted octanol–water partition coefficient (Wildman–Crippen LogP) is 3.72. The first-order chi connectivity index (χ1) is 11.8. The molecule has 0 spiro atoms. The smallest absolute Gasteiger partial charge is 0.319 e. The second kappa shape index (κ2) is 6.60. The number of amides is 2. The molecule has 0 bridgehead atoms. The third-order valence-corrected chi connectivity index (χ3v) is 4.89. The zero-order valence-electron chi connectivity index (χ0n) is 13.8. The van der Waals surface area contributed by atoms with Gasteiger partial charge in [0.1, 0.15) is 11.3 Å². The van der Waals surface area contributed by atoms with Gasteiger partial charge in [0.15, 0.2) is 9.84 Å². The van der Waals surface area contributed by atoms with Crippen LogP contribution in [0.4, 0.5) is 10.5 Å². The minimum atomic E-state index is -3.26. The highest BCUT2D eigenvalue weighted by Gasteiger charge is 2.14. The van der Waals surface area contributed by atoms with Crippen molar-refractivity contribution in [2.45, 2.75) is 17.9 Å². The number of para-hydroxylation sites is 1. The average molecular weight is 358 g/mol. The molecule has 0 aliphatic heterocycles. The Kier molecular flexibility index (Phi) is 4.50. The molecule has 3 rings (SSSR count). The van der Waals surface area contributed by atoms with E-state index < -0.39 is 15.9 Å². The van der Waals surface area contributed by atoms with Crippen LogP contribution in [-0.4, -0.2) is 20.7 Å². The fraction of sp³-hybridized carbons (Fsp3) is 0.167. The van der Waals surface area contributed by atoms with Gasteiger partial charge in [-0.05, 0) is 43.3 Å². The molecule has 0 aliphatic rings. The minimum absolute atomic E-state index is 0.203. The molecule has 7 heteroatoms. The Labute approximate surface area is 145 Å². The topological polar surface area (TPSA) is 88.4 Å². The number of fused-ring (bicyclic) bond motifs is 1. The molecular formula is C18H18N2O4S. The van der Waals surface area contributed by atoms with Crippen LogP contribution in [0.25, 0.3) is 11.0 Å². The maximum Gasteiger partial charge on any atom is 0.319 e. The molecule has 25 heavy (non-hydrogen) atoms. The van der Waals surface area contributed by atoms with Crippen LogP contribution >= 0.6 is 0 Å². The molecule has 2 aromatic carbocycles. The lowest BCUT2D eigenvalue weighted by atomic mass is 10.2. The third kappa shape index (κ3) is 4.00. The zero-order valence-corrected chi connectivity index (χ0v) is 14.6. The maximum absolute atomic E-state index is 12.1. The van der Waals surface area contributed by atoms with Gasteiger partial charge in [-0.1, -0.05) is 18.2 Å². The van der Waals surface area contributed by atoms with Gasteiger partial charge in [0.2, 0.25) is 0 Å². The summed E-state index contributed by atoms with van der Waals surface area (Å²) in [6, 6.07) is 14.8. The molecular weight excluding hydrogens is 340 g/mol. The van der Waals surface area contributed by atoms with Crippen molar-refractivity contribution in [3.63, 3.8) is 0 Å². The van der Waals surface area contributed by atoms with Gasteiger partial charge in [-0.25, -0.2) is 13.2 Å². The molecule has 2 N–H and O–H groups in total. The van der Waals surface area contributed by atoms with Crippen molar-refractivity contribution < 1.29 is 17.6 Å². The summed E-state index contributed by atoms with van der Waals surface area (Å²) < 4.78 is 28.6. The lowest BCUT2D eigenvalue weighted by molar-refractivity contribution is 0.248. The number of rotatable bonds is 4. The first-order valence-corrected chi connectivity index (χ1v) is 9.58. The lowest BCUT2D eigenvalue weighted by Gasteiger charge is -2.12. The van der Waals surface area contributed by atoms with Crippen LogP contribution in [0.2, 0.25) is 0 Å². The quantitative estimate of drug-likeness (QED) is 0.744. The molecule has 0 saturated heterocycles. The number of carbonyl (C=O) groups is 1. The van der Waals surface area contributed by atoms with Crippen molar-refractivity contribution in [2.24, 2.45) is 0 Å². The van der Waals surface area contributed by atoms with Gasteiger partial charge in [0.05, 0.1) is 10.9 Å². The number of urea groups is 1. The predicted molar refractivity (Wildman–Crippen MR) is 96.3 cm³/mol. The summed E-state index contributed by atoms with van der Waals surface area (Å²) >= 11 is 0. The summed E-state index contributed by atoms with van der Waals surface area (Å²) in [7, 11) is -3.26. The molecule has 1 heterocycles. The SMILES string of the molecule is C[C@@H](NC(=O)Nc1ccc(S(C)(=O)=O)cc1)c1cc2ccccc2o1. The van der Waals surface area contributed by atoms with E-state index in [1.807, 2.05) is 37.3 Å². The maximum atomic E-state index is 12.1. The molecule has 0 saturated carbocycles. The van der Waals surface area contributed by atoms with E-state index in [1.54, 1.807) is 12.1 Å². The Morgan fingerprint density at radius 3 is 2.40 bits per heavy atom. The minimum Gasteiger partial charge on any atom is -0.459 e. The summed E-state index contributed by atoms with van der Waals surface area (Å²) in [4.78, 5) is 12.3. The van der Waals surface area contributed by atoms with E-state index in [0.717, 1.165) is 17.2 Å². The second-order valence-corrected chi connectivity index (χ2v) is 7.82. The van der Waals surface area contributed by atoms with Crippen LogP contribution in [0.3, 0.4) is 0 Å². The van der Waals surface area contributed by atoms with Crippen molar-refractivity contribution in [3.05, 3.63) is 60.4 Å². The number of furan rings is 1. The van der Waals surface area contributed by atoms with Crippen molar-refractivity contribution in [1.82, 2.24) is 5.32 Å². The lowest BCUT2D eigenvalue weighted by Crippen LogP contribution is -2.30. The second-order valence-electron chi connectivity index (χ2n) is 5.80. The standard InChI is InChI=1S/C18H18N2O4S/c1-12(17-11-13-5-3-4-6-16(13)24-17)19-18(21)20-14-7-9-15(10-8-14)25(2,22)23/h3-12H,1-2H3,(H2,19,20,21)/t12-/m1/s1. The first kappa shape index (κ1) is 17.0. The van der Waals surface area contributed by atoms with E-state index in [4.69, 9.17) is 4.42 Å². The molecule has 0 unspecified atom stereocenters. The van der Waals surface area contributed by atoms with Crippen LogP contribution in [0.1, 0.15) is 18.7 Å². The number of anilines is 1. The summed E-state index contributed by atoms with van der Waals surface area (Å²) in [6.45, 7) is 1.82. The van der Waals surface area contributed by atoms with Crippen molar-refractivity contribution >= 4 is 32.5 Å². The largest absolute Gasteiger partial charge is 0.459 e. The summed E-state index contributed by atoms with van der Waals surface area (Å²) in [5.74, 6) is 0.656. The highest BCUT2D eigenvalue weighted by Crippen LogP contribution is 2.23. The molecule has 0 fully saturated rings. The van der Waals surface area contributed by atoms with E-state index in [0.29, 0.717) is 11.4 Å². The number of nitrogens with one attached hydrogen (secondary N) is 2. The van der Waals surface area contributed by atoms with Crippen LogP contribution in [0, 0.1) is 0 Å². The first-order valence-electron chi connectivity index (χ1n) is 7.69. The fourth-order valence-electron chi connectivity index (χ4n) is 2.44. The monoisotopic (exact) mass is 358 g/mol. The average Bonchev–Trinajstić information content (AvgIpc) is 2.98. The summed E-state index contributed by atoms with van der Waals surface area (Å²) in [5.41, 5.74) is 1.27. The van der Waals surface area contributed by atoms with Gasteiger partial charge in [-0.2, -0.15) is 0 Å². The fourth-order valence-corrected chi connectivity index (χ4v) is 3.07. The summed E-state index contributed by atoms with van der Waals surface area (Å²) in [6.07, 6.45) is 1.14. The number of sulfone groups is 1. The van der Waals surface area contributed by atoms with Crippen molar-refractivity contribution in [3.8, 4) is 0 Å². The third-order valence-electron chi connectivity index (χ3n) is 3.76. The molecule has 1 atom stereocenters. The van der Waals surface area contributed by atoms with Gasteiger partial charge >= 0.3 is 6.03 Å². The molecule has 6 nitrogen and oxygen atoms in total. The molecule has 1 aromatic heterocycles. The molecule has 3 aromatic rings. The molecule has 0 radical (unpaired) electrons. The van der Waals surface area contributed by atoms with Crippen molar-refractivity contribution in [2.75, 3.05) is 11.6 Å². The normalized spacial score (nSPS) is 12.7. The van der Waals surface area contributed by atoms with Gasteiger partial charge in [-0.15, -0.1) is 0 Å². The molecule has 2 amide bonds. The van der Waals surface area contributed by atoms with Crippen molar-refractivity contribution in [1.29, 1.82) is 0 Å². The van der Waals surface area contributed by atoms with E-state index in [1.165, 1.54) is 12.1 Å². The highest BCUT2D eigenvalue weighted by molar-refractivity contribution is 7.90. The van der Waals surface area contributed by atoms with E-state index in [9.17, 15) is 13.2 Å². The number of hydrogen-bond donors (Lipinski definition) is 2. The number of carbonyl (C=O) groups excluding carboxylic acids is 1. The van der Waals surface area contributed by atoms with Crippen LogP contribution < -0.4 is 10.6 Å². The molecule has 0 aliphatic carbocycles. The zero-order chi connectivity index (χ0) is 18.0. The van der Waals surface area contributed by atoms with Crippen LogP contribution in [0.5, 0.6) is 0 Å². The Hall–Kier alpha value is -2.80. The number of hydrogen-bond acceptors (Lipinski definition) is 4. The Morgan fingerprint density at radius 2 is 1.76 bits per heavy atom. The van der Waals surface area contributed by atoms with E-state index in [-0.39, 0.29) is 10.9 Å². The Bertz CT molecular complexity index is 974. The van der Waals surface area contributed by atoms with Crippen LogP contribution in [-0.2, 0) is 9.84 Å². The van der Waals surface area contributed by atoms with E-state index >= 15 is 0 Å². The number of benzene rings is 2. The molecule has 130 valence electrons. The Balaban J connectivity index is 1.65. The highest BCUT2D eigenvalue weighted by atomic mass is 32.2. The van der Waals surface area contributed by atoms with Gasteiger partial charge < -0.3 is 15.1 Å². The van der Waals surface area contributed by atoms with Crippen LogP contribution in [0.15, 0.2) is 63.9 Å². The van der Waals surface area contributed by atoms with Gasteiger partial charge in [-0.3, -0.25) is 0 Å². The Morgan fingerprint density at radius 1 is 1.08 bits per heavy atom. The summed E-state index contributed by atoms with van der Waals surface area (Å²) in [5, 5.41) is 6.43. The van der Waals surface area contributed by atoms with E-state index in [2.05, 4.69) is 10.6 Å². The van der Waals surface area contributed by atoms with Gasteiger partial charge in [0, 0.05) is 17.3 Å². The van der Waals surface area contributed by atoms with Gasteiger partial charge in [0.25, 0.3) is 0 Å².